The Morgan fingerprint density at radius 1 is 1.00 bits per heavy atom. The molecule has 1 aromatic heterocycles. The summed E-state index contributed by atoms with van der Waals surface area (Å²) in [6.45, 7) is 3.73. The molecule has 0 spiro atoms. The summed E-state index contributed by atoms with van der Waals surface area (Å²) >= 11 is 5.66. The number of carbonyl (C=O) groups excluding carboxylic acids is 1. The van der Waals surface area contributed by atoms with E-state index >= 15 is 0 Å². The van der Waals surface area contributed by atoms with E-state index in [1.165, 1.54) is 0 Å². The average molecular weight is 504 g/mol. The number of carbonyl (C=O) groups is 1. The van der Waals surface area contributed by atoms with Crippen LogP contribution in [0.5, 0.6) is 0 Å². The van der Waals surface area contributed by atoms with Gasteiger partial charge in [0, 0.05) is 45.1 Å². The summed E-state index contributed by atoms with van der Waals surface area (Å²) in [5, 5.41) is -0.702. The zero-order chi connectivity index (χ0) is 23.8. The second-order valence-corrected chi connectivity index (χ2v) is 10.0. The van der Waals surface area contributed by atoms with Gasteiger partial charge in [-0.25, -0.2) is 22.7 Å². The van der Waals surface area contributed by atoms with E-state index in [0.29, 0.717) is 35.7 Å². The quantitative estimate of drug-likeness (QED) is 0.560. The lowest BCUT2D eigenvalue weighted by atomic mass is 10.1. The van der Waals surface area contributed by atoms with Gasteiger partial charge >= 0.3 is 6.18 Å². The van der Waals surface area contributed by atoms with Crippen molar-refractivity contribution in [2.75, 3.05) is 44.2 Å². The molecule has 0 aliphatic carbocycles. The Balaban J connectivity index is 1.32. The minimum atomic E-state index is -4.82. The van der Waals surface area contributed by atoms with Crippen LogP contribution in [0.4, 0.5) is 19.1 Å². The molecule has 2 aliphatic rings. The van der Waals surface area contributed by atoms with Crippen LogP contribution in [-0.4, -0.2) is 72.8 Å². The Hall–Kier alpha value is -2.44. The van der Waals surface area contributed by atoms with Crippen molar-refractivity contribution < 1.29 is 26.4 Å². The third kappa shape index (κ3) is 4.78. The van der Waals surface area contributed by atoms with Crippen molar-refractivity contribution in [1.29, 1.82) is 0 Å². The van der Waals surface area contributed by atoms with Crippen molar-refractivity contribution in [3.63, 3.8) is 0 Å². The van der Waals surface area contributed by atoms with E-state index in [-0.39, 0.29) is 12.1 Å². The highest BCUT2D eigenvalue weighted by molar-refractivity contribution is 7.90. The van der Waals surface area contributed by atoms with Crippen LogP contribution in [0.25, 0.3) is 0 Å². The van der Waals surface area contributed by atoms with Gasteiger partial charge in [0.15, 0.2) is 0 Å². The number of amides is 1. The van der Waals surface area contributed by atoms with Gasteiger partial charge in [0.05, 0.1) is 16.1 Å². The van der Waals surface area contributed by atoms with E-state index < -0.39 is 37.6 Å². The van der Waals surface area contributed by atoms with Crippen LogP contribution in [0.3, 0.4) is 0 Å². The van der Waals surface area contributed by atoms with Crippen molar-refractivity contribution in [3.05, 3.63) is 46.7 Å². The number of alkyl halides is 3. The number of halogens is 4. The normalized spacial score (nSPS) is 18.6. The summed E-state index contributed by atoms with van der Waals surface area (Å²) in [5.74, 6) is -0.166. The molecule has 1 fully saturated rings. The van der Waals surface area contributed by atoms with E-state index in [1.807, 2.05) is 0 Å². The molecule has 0 saturated carbocycles. The van der Waals surface area contributed by atoms with Crippen molar-refractivity contribution in [2.24, 2.45) is 0 Å². The van der Waals surface area contributed by atoms with Crippen molar-refractivity contribution in [1.82, 2.24) is 19.2 Å². The summed E-state index contributed by atoms with van der Waals surface area (Å²) in [6, 6.07) is 2.99. The molecule has 1 saturated heterocycles. The predicted molar refractivity (Wildman–Crippen MR) is 115 cm³/mol. The van der Waals surface area contributed by atoms with Gasteiger partial charge in [0.25, 0.3) is 15.9 Å². The number of anilines is 1. The molecule has 178 valence electrons. The van der Waals surface area contributed by atoms with Gasteiger partial charge in [0.1, 0.15) is 4.90 Å². The molecule has 0 N–H and O–H groups in total. The van der Waals surface area contributed by atoms with Crippen LogP contribution in [-0.2, 0) is 16.2 Å². The molecule has 33 heavy (non-hydrogen) atoms. The number of rotatable bonds is 6. The zero-order valence-electron chi connectivity index (χ0n) is 17.4. The number of unbranched alkanes of at least 4 members (excludes halogenated alkanes) is 1. The van der Waals surface area contributed by atoms with Crippen LogP contribution in [0, 0.1) is 0 Å². The SMILES string of the molecule is O=C1c2cc(Cl)c(C(F)(F)F)cc2S(=O)(=O)N1CCCCN1CCN(c2ncccn2)CC1. The van der Waals surface area contributed by atoms with E-state index in [2.05, 4.69) is 19.8 Å². The maximum Gasteiger partial charge on any atom is 0.417 e. The molecule has 0 bridgehead atoms. The molecule has 3 heterocycles. The Labute approximate surface area is 194 Å². The summed E-state index contributed by atoms with van der Waals surface area (Å²) in [4.78, 5) is 24.7. The van der Waals surface area contributed by atoms with Gasteiger partial charge in [-0.3, -0.25) is 9.69 Å². The molecule has 2 aromatic rings. The Morgan fingerprint density at radius 3 is 2.27 bits per heavy atom. The summed E-state index contributed by atoms with van der Waals surface area (Å²) in [5.41, 5.74) is -1.60. The number of aromatic nitrogens is 2. The molecular weight excluding hydrogens is 483 g/mol. The lowest BCUT2D eigenvalue weighted by molar-refractivity contribution is -0.137. The molecule has 0 radical (unpaired) electrons. The number of fused-ring (bicyclic) bond motifs is 1. The highest BCUT2D eigenvalue weighted by atomic mass is 35.5. The second kappa shape index (κ2) is 9.07. The van der Waals surface area contributed by atoms with Crippen molar-refractivity contribution in [3.8, 4) is 0 Å². The van der Waals surface area contributed by atoms with E-state index in [0.717, 1.165) is 32.2 Å². The lowest BCUT2D eigenvalue weighted by Crippen LogP contribution is -2.47. The first kappa shape index (κ1) is 23.7. The molecule has 1 aromatic carbocycles. The van der Waals surface area contributed by atoms with Crippen molar-refractivity contribution >= 4 is 33.5 Å². The minimum Gasteiger partial charge on any atom is -0.338 e. The monoisotopic (exact) mass is 503 g/mol. The molecular formula is C20H21ClF3N5O3S. The average Bonchev–Trinajstić information content (AvgIpc) is 2.96. The van der Waals surface area contributed by atoms with E-state index in [9.17, 15) is 26.4 Å². The minimum absolute atomic E-state index is 0.105. The molecule has 0 unspecified atom stereocenters. The highest BCUT2D eigenvalue weighted by Crippen LogP contribution is 2.40. The fourth-order valence-electron chi connectivity index (χ4n) is 3.95. The fourth-order valence-corrected chi connectivity index (χ4v) is 5.84. The molecule has 0 atom stereocenters. The summed E-state index contributed by atoms with van der Waals surface area (Å²) in [7, 11) is -4.35. The number of piperazine rings is 1. The van der Waals surface area contributed by atoms with Gasteiger partial charge in [0.2, 0.25) is 5.95 Å². The smallest absolute Gasteiger partial charge is 0.338 e. The van der Waals surface area contributed by atoms with Gasteiger partial charge in [-0.2, -0.15) is 13.2 Å². The van der Waals surface area contributed by atoms with Crippen LogP contribution in [0.2, 0.25) is 5.02 Å². The van der Waals surface area contributed by atoms with Crippen LogP contribution < -0.4 is 4.90 Å². The second-order valence-electron chi connectivity index (χ2n) is 7.79. The topological polar surface area (TPSA) is 86.7 Å². The van der Waals surface area contributed by atoms with Gasteiger partial charge < -0.3 is 4.90 Å². The number of hydrogen-bond donors (Lipinski definition) is 0. The molecule has 1 amide bonds. The fraction of sp³-hybridized carbons (Fsp3) is 0.450. The van der Waals surface area contributed by atoms with Crippen LogP contribution in [0.15, 0.2) is 35.5 Å². The first-order chi connectivity index (χ1) is 15.6. The zero-order valence-corrected chi connectivity index (χ0v) is 19.0. The number of sulfonamides is 1. The van der Waals surface area contributed by atoms with Gasteiger partial charge in [-0.05, 0) is 37.6 Å². The molecule has 4 rings (SSSR count). The first-order valence-electron chi connectivity index (χ1n) is 10.3. The van der Waals surface area contributed by atoms with Crippen molar-refractivity contribution in [2.45, 2.75) is 23.9 Å². The Morgan fingerprint density at radius 2 is 1.64 bits per heavy atom. The maximum atomic E-state index is 13.1. The van der Waals surface area contributed by atoms with Crippen LogP contribution >= 0.6 is 11.6 Å². The Kier molecular flexibility index (Phi) is 6.52. The van der Waals surface area contributed by atoms with E-state index in [4.69, 9.17) is 11.6 Å². The number of benzene rings is 1. The Bertz CT molecular complexity index is 1140. The summed E-state index contributed by atoms with van der Waals surface area (Å²) < 4.78 is 65.4. The van der Waals surface area contributed by atoms with Gasteiger partial charge in [-0.1, -0.05) is 11.6 Å². The lowest BCUT2D eigenvalue weighted by Gasteiger charge is -2.34. The highest BCUT2D eigenvalue weighted by Gasteiger charge is 2.44. The van der Waals surface area contributed by atoms with Gasteiger partial charge in [-0.15, -0.1) is 0 Å². The molecule has 13 heteroatoms. The standard InChI is InChI=1S/C20H21ClF3N5O3S/c21-16-12-14-17(13-15(16)20(22,23)24)33(31,32)29(18(14)30)7-2-1-6-27-8-10-28(11-9-27)19-25-4-3-5-26-19/h3-5,12-13H,1-2,6-11H2. The predicted octanol–water partition coefficient (Wildman–Crippen LogP) is 2.90. The van der Waals surface area contributed by atoms with Crippen LogP contribution in [0.1, 0.15) is 28.8 Å². The first-order valence-corrected chi connectivity index (χ1v) is 12.1. The largest absolute Gasteiger partial charge is 0.417 e. The maximum absolute atomic E-state index is 13.1. The number of hydrogen-bond acceptors (Lipinski definition) is 7. The molecule has 8 nitrogen and oxygen atoms in total. The number of nitrogens with zero attached hydrogens (tertiary/aromatic N) is 5. The molecule has 2 aliphatic heterocycles. The van der Waals surface area contributed by atoms with E-state index in [1.54, 1.807) is 18.5 Å². The third-order valence-corrected chi connectivity index (χ3v) is 7.83. The summed E-state index contributed by atoms with van der Waals surface area (Å²) in [6.07, 6.45) is -0.418. The third-order valence-electron chi connectivity index (χ3n) is 5.69.